The summed E-state index contributed by atoms with van der Waals surface area (Å²) in [7, 11) is 1.53. The summed E-state index contributed by atoms with van der Waals surface area (Å²) in [6, 6.07) is 23.0. The molecule has 0 unspecified atom stereocenters. The smallest absolute Gasteiger partial charge is 0.329 e. The number of para-hydroxylation sites is 2. The largest absolute Gasteiger partial charge is 0.495 e. The highest BCUT2D eigenvalue weighted by atomic mass is 16.5. The van der Waals surface area contributed by atoms with Gasteiger partial charge in [-0.2, -0.15) is 5.10 Å². The van der Waals surface area contributed by atoms with Crippen LogP contribution in [0, 0.1) is 0 Å². The SMILES string of the molecule is COc1ccccc1NC(=O)COc1ccc(C=NNC(=O)C(=O)NCc2ccccc2)cc1. The number of rotatable bonds is 9. The minimum absolute atomic E-state index is 0.181. The van der Waals surface area contributed by atoms with Crippen molar-refractivity contribution in [2.45, 2.75) is 6.54 Å². The molecule has 3 N–H and O–H groups in total. The van der Waals surface area contributed by atoms with Crippen LogP contribution in [-0.4, -0.2) is 37.7 Å². The Balaban J connectivity index is 1.41. The summed E-state index contributed by atoms with van der Waals surface area (Å²) < 4.78 is 10.7. The van der Waals surface area contributed by atoms with Crippen molar-refractivity contribution in [3.63, 3.8) is 0 Å². The minimum atomic E-state index is -0.867. The van der Waals surface area contributed by atoms with E-state index >= 15 is 0 Å². The van der Waals surface area contributed by atoms with Gasteiger partial charge in [-0.3, -0.25) is 14.4 Å². The van der Waals surface area contributed by atoms with Crippen LogP contribution < -0.4 is 25.5 Å². The van der Waals surface area contributed by atoms with Gasteiger partial charge in [-0.05, 0) is 47.5 Å². The molecule has 0 aromatic heterocycles. The van der Waals surface area contributed by atoms with E-state index < -0.39 is 11.8 Å². The van der Waals surface area contributed by atoms with Crippen LogP contribution >= 0.6 is 0 Å². The molecular weight excluding hydrogens is 436 g/mol. The first-order valence-electron chi connectivity index (χ1n) is 10.4. The van der Waals surface area contributed by atoms with Crippen molar-refractivity contribution >= 4 is 29.6 Å². The first-order valence-corrected chi connectivity index (χ1v) is 10.4. The number of hydrogen-bond donors (Lipinski definition) is 3. The lowest BCUT2D eigenvalue weighted by molar-refractivity contribution is -0.139. The van der Waals surface area contributed by atoms with Crippen LogP contribution in [0.15, 0.2) is 84.0 Å². The fourth-order valence-electron chi connectivity index (χ4n) is 2.81. The quantitative estimate of drug-likeness (QED) is 0.258. The fraction of sp³-hybridized carbons (Fsp3) is 0.120. The molecule has 0 aliphatic heterocycles. The molecule has 0 aliphatic carbocycles. The monoisotopic (exact) mass is 460 g/mol. The number of amides is 3. The number of hydrogen-bond acceptors (Lipinski definition) is 6. The van der Waals surface area contributed by atoms with E-state index in [2.05, 4.69) is 21.2 Å². The molecule has 0 saturated carbocycles. The Morgan fingerprint density at radius 1 is 0.882 bits per heavy atom. The van der Waals surface area contributed by atoms with E-state index in [1.807, 2.05) is 36.4 Å². The third kappa shape index (κ3) is 7.49. The topological polar surface area (TPSA) is 118 Å². The van der Waals surface area contributed by atoms with Crippen LogP contribution in [0.25, 0.3) is 0 Å². The standard InChI is InChI=1S/C25H24N4O5/c1-33-22-10-6-5-9-21(22)28-23(30)17-34-20-13-11-19(12-14-20)16-27-29-25(32)24(31)26-15-18-7-3-2-4-8-18/h2-14,16H,15,17H2,1H3,(H,26,31)(H,28,30)(H,29,32). The van der Waals surface area contributed by atoms with Gasteiger partial charge in [-0.25, -0.2) is 5.43 Å². The molecule has 174 valence electrons. The van der Waals surface area contributed by atoms with Gasteiger partial charge in [-0.1, -0.05) is 42.5 Å². The Morgan fingerprint density at radius 2 is 1.59 bits per heavy atom. The van der Waals surface area contributed by atoms with Crippen molar-refractivity contribution in [1.82, 2.24) is 10.7 Å². The molecule has 3 amide bonds. The lowest BCUT2D eigenvalue weighted by atomic mass is 10.2. The Labute approximate surface area is 196 Å². The third-order valence-corrected chi connectivity index (χ3v) is 4.51. The van der Waals surface area contributed by atoms with Crippen LogP contribution in [0.1, 0.15) is 11.1 Å². The van der Waals surface area contributed by atoms with Crippen LogP contribution in [0.3, 0.4) is 0 Å². The predicted octanol–water partition coefficient (Wildman–Crippen LogP) is 2.48. The van der Waals surface area contributed by atoms with Gasteiger partial charge >= 0.3 is 11.8 Å². The van der Waals surface area contributed by atoms with Crippen molar-refractivity contribution in [2.24, 2.45) is 5.10 Å². The maximum absolute atomic E-state index is 12.1. The summed E-state index contributed by atoms with van der Waals surface area (Å²) in [5.74, 6) is -0.940. The van der Waals surface area contributed by atoms with Crippen molar-refractivity contribution in [3.05, 3.63) is 90.0 Å². The van der Waals surface area contributed by atoms with Crippen molar-refractivity contribution in [3.8, 4) is 11.5 Å². The normalized spacial score (nSPS) is 10.4. The predicted molar refractivity (Wildman–Crippen MR) is 128 cm³/mol. The summed E-state index contributed by atoms with van der Waals surface area (Å²) in [6.45, 7) is 0.0643. The van der Waals surface area contributed by atoms with Gasteiger partial charge in [0.2, 0.25) is 0 Å². The van der Waals surface area contributed by atoms with Crippen LogP contribution in [0.4, 0.5) is 5.69 Å². The maximum Gasteiger partial charge on any atom is 0.329 e. The molecule has 9 heteroatoms. The number of hydrazone groups is 1. The van der Waals surface area contributed by atoms with Gasteiger partial charge in [-0.15, -0.1) is 0 Å². The van der Waals surface area contributed by atoms with E-state index in [0.717, 1.165) is 5.56 Å². The average molecular weight is 460 g/mol. The van der Waals surface area contributed by atoms with E-state index in [1.165, 1.54) is 13.3 Å². The molecule has 0 radical (unpaired) electrons. The lowest BCUT2D eigenvalue weighted by Gasteiger charge is -2.10. The molecule has 0 bridgehead atoms. The molecule has 3 rings (SSSR count). The number of anilines is 1. The number of carbonyl (C=O) groups is 3. The highest BCUT2D eigenvalue weighted by molar-refractivity contribution is 6.35. The molecule has 9 nitrogen and oxygen atoms in total. The highest BCUT2D eigenvalue weighted by Crippen LogP contribution is 2.22. The first-order chi connectivity index (χ1) is 16.5. The lowest BCUT2D eigenvalue weighted by Crippen LogP contribution is -2.37. The molecule has 0 atom stereocenters. The first kappa shape index (κ1) is 24.0. The van der Waals surface area contributed by atoms with Crippen LogP contribution in [0.5, 0.6) is 11.5 Å². The Hall–Kier alpha value is -4.66. The van der Waals surface area contributed by atoms with E-state index in [0.29, 0.717) is 22.7 Å². The van der Waals surface area contributed by atoms with Gasteiger partial charge in [0.15, 0.2) is 6.61 Å². The highest BCUT2D eigenvalue weighted by Gasteiger charge is 2.12. The molecule has 0 fully saturated rings. The van der Waals surface area contributed by atoms with Crippen molar-refractivity contribution in [2.75, 3.05) is 19.0 Å². The van der Waals surface area contributed by atoms with Crippen molar-refractivity contribution < 1.29 is 23.9 Å². The number of benzene rings is 3. The summed E-state index contributed by atoms with van der Waals surface area (Å²) in [5.41, 5.74) is 4.28. The number of nitrogens with one attached hydrogen (secondary N) is 3. The van der Waals surface area contributed by atoms with Gasteiger partial charge in [0.05, 0.1) is 19.0 Å². The van der Waals surface area contributed by atoms with E-state index in [4.69, 9.17) is 9.47 Å². The van der Waals surface area contributed by atoms with Gasteiger partial charge in [0.25, 0.3) is 5.91 Å². The van der Waals surface area contributed by atoms with Crippen LogP contribution in [-0.2, 0) is 20.9 Å². The van der Waals surface area contributed by atoms with E-state index in [-0.39, 0.29) is 19.1 Å². The summed E-state index contributed by atoms with van der Waals surface area (Å²) >= 11 is 0. The summed E-state index contributed by atoms with van der Waals surface area (Å²) in [4.78, 5) is 35.8. The Kier molecular flexibility index (Phi) is 8.75. The molecule has 0 saturated heterocycles. The number of ether oxygens (including phenoxy) is 2. The zero-order valence-corrected chi connectivity index (χ0v) is 18.5. The summed E-state index contributed by atoms with van der Waals surface area (Å²) in [6.07, 6.45) is 1.39. The fourth-order valence-corrected chi connectivity index (χ4v) is 2.81. The number of methoxy groups -OCH3 is 1. The zero-order chi connectivity index (χ0) is 24.2. The number of nitrogens with zero attached hydrogens (tertiary/aromatic N) is 1. The maximum atomic E-state index is 12.1. The molecule has 0 spiro atoms. The second-order valence-electron chi connectivity index (χ2n) is 6.97. The van der Waals surface area contributed by atoms with Gasteiger partial charge in [0.1, 0.15) is 11.5 Å². The summed E-state index contributed by atoms with van der Waals surface area (Å²) in [5, 5.41) is 9.03. The van der Waals surface area contributed by atoms with Gasteiger partial charge < -0.3 is 20.1 Å². The van der Waals surface area contributed by atoms with Crippen LogP contribution in [0.2, 0.25) is 0 Å². The average Bonchev–Trinajstić information content (AvgIpc) is 2.87. The third-order valence-electron chi connectivity index (χ3n) is 4.51. The second-order valence-corrected chi connectivity index (χ2v) is 6.97. The van der Waals surface area contributed by atoms with E-state index in [9.17, 15) is 14.4 Å². The second kappa shape index (κ2) is 12.4. The van der Waals surface area contributed by atoms with Crippen molar-refractivity contribution in [1.29, 1.82) is 0 Å². The molecule has 0 aliphatic rings. The minimum Gasteiger partial charge on any atom is -0.495 e. The molecule has 0 heterocycles. The molecule has 3 aromatic carbocycles. The molecule has 3 aromatic rings. The zero-order valence-electron chi connectivity index (χ0n) is 18.5. The molecule has 34 heavy (non-hydrogen) atoms. The van der Waals surface area contributed by atoms with E-state index in [1.54, 1.807) is 42.5 Å². The van der Waals surface area contributed by atoms with Gasteiger partial charge in [0, 0.05) is 6.54 Å². The molecular formula is C25H24N4O5. The Bertz CT molecular complexity index is 1150. The Morgan fingerprint density at radius 3 is 2.32 bits per heavy atom. The number of carbonyl (C=O) groups excluding carboxylic acids is 3.